The van der Waals surface area contributed by atoms with Crippen molar-refractivity contribution in [1.82, 2.24) is 19.1 Å². The number of hydrogen-bond acceptors (Lipinski definition) is 23. The monoisotopic (exact) mass is 1690 g/mol. The Bertz CT molecular complexity index is 5190. The van der Waals surface area contributed by atoms with Crippen LogP contribution in [0.3, 0.4) is 0 Å². The molecule has 2 fully saturated rings. The first-order valence-corrected chi connectivity index (χ1v) is 36.6. The van der Waals surface area contributed by atoms with E-state index in [-0.39, 0.29) is 133 Å². The first-order valence-electron chi connectivity index (χ1n) is 36.6. The van der Waals surface area contributed by atoms with E-state index >= 15 is 0 Å². The molecule has 0 saturated carbocycles. The van der Waals surface area contributed by atoms with Crippen molar-refractivity contribution in [2.75, 3.05) is 91.8 Å². The minimum Gasteiger partial charge on any atom is -1.00 e. The Morgan fingerprint density at radius 2 is 1.03 bits per heavy atom. The normalized spacial score (nSPS) is 13.6. The fourth-order valence-corrected chi connectivity index (χ4v) is 11.0. The molecule has 2 saturated heterocycles. The maximum Gasteiger partial charge on any atom is 1.00 e. The molecule has 2 atom stereocenters. The predicted molar refractivity (Wildman–Crippen MR) is 453 cm³/mol. The van der Waals surface area contributed by atoms with Crippen molar-refractivity contribution in [3.05, 3.63) is 290 Å². The van der Waals surface area contributed by atoms with E-state index < -0.39 is 48.5 Å². The van der Waals surface area contributed by atoms with Gasteiger partial charge in [-0.15, -0.1) is 5.60 Å². The second-order valence-electron chi connectivity index (χ2n) is 26.3. The van der Waals surface area contributed by atoms with Gasteiger partial charge >= 0.3 is 95.4 Å². The van der Waals surface area contributed by atoms with Crippen LogP contribution in [0.15, 0.2) is 194 Å². The number of amides is 3. The van der Waals surface area contributed by atoms with Gasteiger partial charge in [0.25, 0.3) is 12.5 Å². The molecule has 8 N–H and O–H groups in total. The fourth-order valence-electron chi connectivity index (χ4n) is 11.0. The molecule has 3 amide bonds. The maximum absolute atomic E-state index is 12.1. The zero-order valence-electron chi connectivity index (χ0n) is 68.7. The number of anilines is 6. The summed E-state index contributed by atoms with van der Waals surface area (Å²) < 4.78 is 49.8. The summed E-state index contributed by atoms with van der Waals surface area (Å²) in [4.78, 5) is 93.9. The second kappa shape index (κ2) is 55.3. The molecule has 0 radical (unpaired) electrons. The number of carbonyl (C=O) groups is 6. The molecular weight excluding hydrogens is 1600 g/mol. The molecule has 14 rings (SSSR count). The summed E-state index contributed by atoms with van der Waals surface area (Å²) in [6.45, 7) is 48.5. The minimum atomic E-state index is -0.750. The van der Waals surface area contributed by atoms with Crippen LogP contribution in [-0.2, 0) is 103 Å². The van der Waals surface area contributed by atoms with Gasteiger partial charge in [0.1, 0.15) is 88.2 Å². The third kappa shape index (κ3) is 33.4. The zero-order valence-corrected chi connectivity index (χ0v) is 71.7. The average molecular weight is 1700 g/mol. The van der Waals surface area contributed by atoms with E-state index in [4.69, 9.17) is 92.6 Å². The molecule has 0 aliphatic carbocycles. The van der Waals surface area contributed by atoms with Gasteiger partial charge in [0.2, 0.25) is 17.3 Å². The first kappa shape index (κ1) is 105. The van der Waals surface area contributed by atoms with Crippen LogP contribution in [0, 0.1) is 44.2 Å². The van der Waals surface area contributed by atoms with Gasteiger partial charge in [-0.05, 0) is 95.9 Å². The molecule has 0 spiro atoms. The number of nitrogens with two attached hydrogens (primary N) is 2. The smallest absolute Gasteiger partial charge is 1.00 e. The van der Waals surface area contributed by atoms with Gasteiger partial charge < -0.3 is 84.8 Å². The SMILES string of the molecule is C.C.C=CC#N.CC(C)(C)[O-].CCCOC(=O)CO.Nc1ncnc2c3c(n(-c4ccc(NC(=O)OCc5ccccc5)cc4)c12)COC3.[C-]#[N+]C1COCC1=O.[C-]#[N+]C1COCC1=O.[C-]#[N+]CN(C1=C([N+]#[C-])COC1)c1ccc(NC(=O)OCc2ccccc2)cc1.[C-]#[N+]c1c(N)c2c(n1-c1ccc(NC(=O)OCc3ccccc3)cc1)COC2.[H-].[Na+].[Na+]. The average Bonchev–Trinajstić information content (AvgIpc) is 1.59. The number of nitrogens with one attached hydrogen (secondary N) is 3. The number of fused-ring (bicyclic) bond motifs is 4. The van der Waals surface area contributed by atoms with Crippen molar-refractivity contribution in [1.29, 1.82) is 5.26 Å². The van der Waals surface area contributed by atoms with Crippen molar-refractivity contribution >= 4 is 86.9 Å². The van der Waals surface area contributed by atoms with Gasteiger partial charge in [-0.3, -0.25) is 39.9 Å². The van der Waals surface area contributed by atoms with E-state index in [0.717, 1.165) is 73.7 Å². The number of aliphatic hydroxyl groups is 1. The van der Waals surface area contributed by atoms with Crippen LogP contribution in [0.2, 0.25) is 0 Å². The molecule has 3 aromatic heterocycles. The predicted octanol–water partition coefficient (Wildman–Crippen LogP) is 8.36. The number of nitriles is 1. The third-order valence-electron chi connectivity index (χ3n) is 16.5. The molecule has 35 heteroatoms. The van der Waals surface area contributed by atoms with Crippen LogP contribution in [-0.4, -0.2) is 137 Å². The number of rotatable bonds is 17. The molecule has 632 valence electrons. The Labute approximate surface area is 760 Å². The van der Waals surface area contributed by atoms with Crippen LogP contribution in [0.25, 0.3) is 46.6 Å². The van der Waals surface area contributed by atoms with Crippen LogP contribution in [0.1, 0.15) is 89.6 Å². The number of nitrogens with zero attached hydrogens (tertiary/aromatic N) is 11. The molecule has 9 aromatic rings. The molecule has 33 nitrogen and oxygen atoms in total. The number of allylic oxidation sites excluding steroid dienone is 1. The van der Waals surface area contributed by atoms with Crippen molar-refractivity contribution in [3.8, 4) is 17.4 Å². The Morgan fingerprint density at radius 1 is 0.618 bits per heavy atom. The Kier molecular flexibility index (Phi) is 47.0. The van der Waals surface area contributed by atoms with Crippen LogP contribution in [0.5, 0.6) is 0 Å². The summed E-state index contributed by atoms with van der Waals surface area (Å²) >= 11 is 0. The standard InChI is InChI=1S/C22H19N5O3.2C21H18N4O3.2C5H5NO2.C5H10O3.C4H9O.C3H3N.2CH4.2Na.H/c23-21-20-19(24-13-25-21)17-11-29-12-18(17)27(20)16-8-6-15(7-9-16)26-22(28)30-10-14-4-2-1-3-5-14;1-23-20-19(22)17-12-27-13-18(17)25(20)16-9-7-15(8-10-16)24-21(26)28-11-14-5-3-2-4-6-14;1-22-15-25(20-14-27-13-19(20)23-2)18-10-8-17(9-11-18)24-21(26)28-12-16-6-4-3-5-7-16;2*1-6-4-2-8-3-5(4)7;1-2-3-8-5(7)4-6;1-4(2,3)5;1-2-3-4;;;;;/h1-9,13H,10-12H2,(H,26,28)(H2,23,24,25);2-10H,11-13,22H2,(H,24,26);3-11H,12-15H2,(H,24,26);2*4H,2-3H2;6H,2-4H2,1H3;1-3H3;2H,1H2;2*1H4;;;/q;;;;;;-1;;;;2*+1;-1. The minimum absolute atomic E-state index is 0. The number of ether oxygens (including phenoxy) is 9. The zero-order chi connectivity index (χ0) is 86.1. The van der Waals surface area contributed by atoms with Crippen LogP contribution in [0.4, 0.5) is 54.5 Å². The van der Waals surface area contributed by atoms with Crippen molar-refractivity contribution in [2.45, 2.75) is 113 Å². The fraction of sp³-hybridized carbons (Fsp3) is 0.295. The maximum atomic E-state index is 12.1. The molecule has 6 aromatic carbocycles. The molecule has 123 heavy (non-hydrogen) atoms. The van der Waals surface area contributed by atoms with Crippen molar-refractivity contribution in [3.63, 3.8) is 0 Å². The number of carbonyl (C=O) groups excluding carboxylic acids is 6. The van der Waals surface area contributed by atoms with Crippen molar-refractivity contribution < 1.29 is 142 Å². The first-order chi connectivity index (χ1) is 57.5. The Morgan fingerprint density at radius 3 is 1.41 bits per heavy atom. The van der Waals surface area contributed by atoms with E-state index in [9.17, 15) is 33.9 Å². The quantitative estimate of drug-likeness (QED) is 0.0164. The van der Waals surface area contributed by atoms with Gasteiger partial charge in [-0.2, -0.15) is 5.26 Å². The van der Waals surface area contributed by atoms with Crippen molar-refractivity contribution in [2.24, 2.45) is 0 Å². The summed E-state index contributed by atoms with van der Waals surface area (Å²) in [5.74, 6) is 0.0872. The Hall–Kier alpha value is -12.6. The summed E-state index contributed by atoms with van der Waals surface area (Å²) in [5, 5.41) is 33.8. The summed E-state index contributed by atoms with van der Waals surface area (Å²) in [7, 11) is 0. The van der Waals surface area contributed by atoms with Gasteiger partial charge in [0.15, 0.2) is 5.82 Å². The number of ketones is 2. The van der Waals surface area contributed by atoms with E-state index in [2.05, 4.69) is 61.5 Å². The number of nitrogen functional groups attached to an aromatic ring is 2. The van der Waals surface area contributed by atoms with E-state index in [1.54, 1.807) is 68.1 Å². The topological polar surface area (TPSA) is 401 Å². The van der Waals surface area contributed by atoms with Crippen LogP contribution < -0.4 is 96.5 Å². The van der Waals surface area contributed by atoms with E-state index in [0.29, 0.717) is 98.6 Å². The molecule has 5 aliphatic heterocycles. The van der Waals surface area contributed by atoms with Gasteiger partial charge in [0, 0.05) is 45.6 Å². The van der Waals surface area contributed by atoms with Crippen LogP contribution >= 0.6 is 0 Å². The third-order valence-corrected chi connectivity index (χ3v) is 16.5. The largest absolute Gasteiger partial charge is 1.00 e. The molecule has 2 unspecified atom stereocenters. The van der Waals surface area contributed by atoms with E-state index in [1.165, 1.54) is 12.4 Å². The summed E-state index contributed by atoms with van der Waals surface area (Å²) in [5.41, 5.74) is 25.5. The molecule has 8 heterocycles. The molecular formula is C88H96N16Na2O17. The van der Waals surface area contributed by atoms with Gasteiger partial charge in [-0.25, -0.2) is 53.7 Å². The van der Waals surface area contributed by atoms with Gasteiger partial charge in [0.05, 0.1) is 69.4 Å². The Balaban J connectivity index is 0.000000523. The summed E-state index contributed by atoms with van der Waals surface area (Å²) in [6, 6.07) is 50.7. The summed E-state index contributed by atoms with van der Waals surface area (Å²) in [6.07, 6.45) is 1.86. The molecule has 0 bridgehead atoms. The van der Waals surface area contributed by atoms with E-state index in [1.807, 2.05) is 143 Å². The number of benzene rings is 6. The number of hydrogen-bond donors (Lipinski definition) is 6. The number of esters is 1. The van der Waals surface area contributed by atoms with Gasteiger partial charge in [-0.1, -0.05) is 147 Å². The number of aliphatic hydroxyl groups excluding tert-OH is 1. The number of aromatic nitrogens is 4. The number of Topliss-reactive ketones (excluding diaryl/α,β-unsaturated/α-hetero) is 2. The second-order valence-corrected chi connectivity index (χ2v) is 26.3. The molecule has 5 aliphatic rings.